The zero-order valence-corrected chi connectivity index (χ0v) is 12.6. The Morgan fingerprint density at radius 2 is 1.89 bits per heavy atom. The number of aryl methyl sites for hydroxylation is 1. The number of hydrogen-bond acceptors (Lipinski definition) is 1. The zero-order chi connectivity index (χ0) is 13.5. The molecule has 1 heteroatoms. The summed E-state index contributed by atoms with van der Waals surface area (Å²) in [5.41, 5.74) is 3.07. The van der Waals surface area contributed by atoms with Gasteiger partial charge in [-0.25, -0.2) is 0 Å². The molecule has 0 spiro atoms. The highest BCUT2D eigenvalue weighted by Crippen LogP contribution is 2.34. The fraction of sp³-hybridized carbons (Fsp3) is 0.667. The summed E-state index contributed by atoms with van der Waals surface area (Å²) in [6.45, 7) is 5.66. The smallest absolute Gasteiger partial charge is 0.0325 e. The Labute approximate surface area is 118 Å². The third-order valence-electron chi connectivity index (χ3n) is 4.50. The molecule has 0 bridgehead atoms. The standard InChI is InChI=1S/C18H29N/c1-3-13-19-18(14-15-9-5-6-10-15)17-12-8-7-11-16(17)4-2/h7-8,11-12,15,18-19H,3-6,9-10,13-14H2,1-2H3. The SMILES string of the molecule is CCCNC(CC1CCCC1)c1ccccc1CC. The Balaban J connectivity index is 2.10. The van der Waals surface area contributed by atoms with E-state index in [0.29, 0.717) is 6.04 Å². The van der Waals surface area contributed by atoms with Crippen molar-refractivity contribution >= 4 is 0 Å². The van der Waals surface area contributed by atoms with Crippen molar-refractivity contribution in [3.05, 3.63) is 35.4 Å². The van der Waals surface area contributed by atoms with Gasteiger partial charge < -0.3 is 5.32 Å². The van der Waals surface area contributed by atoms with Gasteiger partial charge >= 0.3 is 0 Å². The zero-order valence-electron chi connectivity index (χ0n) is 12.6. The summed E-state index contributed by atoms with van der Waals surface area (Å²) in [6, 6.07) is 9.57. The molecule has 19 heavy (non-hydrogen) atoms. The van der Waals surface area contributed by atoms with E-state index in [4.69, 9.17) is 0 Å². The molecule has 1 unspecified atom stereocenters. The molecule has 0 aliphatic heterocycles. The number of hydrogen-bond donors (Lipinski definition) is 1. The Morgan fingerprint density at radius 1 is 1.16 bits per heavy atom. The van der Waals surface area contributed by atoms with E-state index >= 15 is 0 Å². The first kappa shape index (κ1) is 14.6. The van der Waals surface area contributed by atoms with Crippen LogP contribution in [0.5, 0.6) is 0 Å². The Hall–Kier alpha value is -0.820. The Bertz CT molecular complexity index is 366. The van der Waals surface area contributed by atoms with Crippen LogP contribution in [0.3, 0.4) is 0 Å². The molecule has 1 aliphatic carbocycles. The molecule has 1 saturated carbocycles. The molecule has 0 radical (unpaired) electrons. The third kappa shape index (κ3) is 4.07. The van der Waals surface area contributed by atoms with Gasteiger partial charge in [0.25, 0.3) is 0 Å². The van der Waals surface area contributed by atoms with Crippen LogP contribution in [0.25, 0.3) is 0 Å². The van der Waals surface area contributed by atoms with Gasteiger partial charge in [-0.2, -0.15) is 0 Å². The van der Waals surface area contributed by atoms with Crippen LogP contribution in [-0.4, -0.2) is 6.54 Å². The average molecular weight is 259 g/mol. The maximum Gasteiger partial charge on any atom is 0.0325 e. The second kappa shape index (κ2) is 7.69. The predicted molar refractivity (Wildman–Crippen MR) is 83.4 cm³/mol. The first-order valence-electron chi connectivity index (χ1n) is 8.16. The van der Waals surface area contributed by atoms with Crippen LogP contribution < -0.4 is 5.32 Å². The van der Waals surface area contributed by atoms with Crippen molar-refractivity contribution in [1.82, 2.24) is 5.32 Å². The van der Waals surface area contributed by atoms with Crippen LogP contribution in [0.15, 0.2) is 24.3 Å². The molecule has 1 atom stereocenters. The van der Waals surface area contributed by atoms with Gasteiger partial charge in [0.1, 0.15) is 0 Å². The quantitative estimate of drug-likeness (QED) is 0.736. The molecule has 0 aromatic heterocycles. The summed E-state index contributed by atoms with van der Waals surface area (Å²) < 4.78 is 0. The minimum Gasteiger partial charge on any atom is -0.310 e. The van der Waals surface area contributed by atoms with Crippen LogP contribution in [0.1, 0.15) is 69.5 Å². The van der Waals surface area contributed by atoms with E-state index in [-0.39, 0.29) is 0 Å². The summed E-state index contributed by atoms with van der Waals surface area (Å²) in [7, 11) is 0. The first-order valence-corrected chi connectivity index (χ1v) is 8.16. The summed E-state index contributed by atoms with van der Waals surface area (Å²) in [5, 5.41) is 3.79. The molecule has 1 aliphatic rings. The molecule has 0 heterocycles. The highest BCUT2D eigenvalue weighted by molar-refractivity contribution is 5.30. The fourth-order valence-corrected chi connectivity index (χ4v) is 3.41. The summed E-state index contributed by atoms with van der Waals surface area (Å²) in [4.78, 5) is 0. The van der Waals surface area contributed by atoms with Crippen molar-refractivity contribution < 1.29 is 0 Å². The predicted octanol–water partition coefficient (Wildman–Crippen LogP) is 4.87. The highest BCUT2D eigenvalue weighted by atomic mass is 14.9. The lowest BCUT2D eigenvalue weighted by molar-refractivity contribution is 0.393. The van der Waals surface area contributed by atoms with E-state index in [0.717, 1.165) is 18.9 Å². The van der Waals surface area contributed by atoms with E-state index in [1.165, 1.54) is 44.1 Å². The lowest BCUT2D eigenvalue weighted by Gasteiger charge is -2.24. The van der Waals surface area contributed by atoms with Gasteiger partial charge in [0.2, 0.25) is 0 Å². The van der Waals surface area contributed by atoms with Crippen molar-refractivity contribution in [1.29, 1.82) is 0 Å². The maximum absolute atomic E-state index is 3.79. The molecule has 1 fully saturated rings. The first-order chi connectivity index (χ1) is 9.35. The van der Waals surface area contributed by atoms with E-state index in [2.05, 4.69) is 43.4 Å². The molecule has 106 valence electrons. The lowest BCUT2D eigenvalue weighted by Crippen LogP contribution is -2.25. The molecule has 0 saturated heterocycles. The molecule has 1 aromatic rings. The van der Waals surface area contributed by atoms with Crippen molar-refractivity contribution in [2.45, 2.75) is 64.8 Å². The van der Waals surface area contributed by atoms with Gasteiger partial charge in [0.15, 0.2) is 0 Å². The van der Waals surface area contributed by atoms with Gasteiger partial charge in [-0.15, -0.1) is 0 Å². The number of benzene rings is 1. The van der Waals surface area contributed by atoms with Crippen molar-refractivity contribution in [3.8, 4) is 0 Å². The maximum atomic E-state index is 3.79. The highest BCUT2D eigenvalue weighted by Gasteiger charge is 2.22. The number of nitrogens with one attached hydrogen (secondary N) is 1. The second-order valence-electron chi connectivity index (χ2n) is 5.95. The van der Waals surface area contributed by atoms with Crippen LogP contribution >= 0.6 is 0 Å². The average Bonchev–Trinajstić information content (AvgIpc) is 2.96. The minimum absolute atomic E-state index is 0.569. The van der Waals surface area contributed by atoms with Gasteiger partial charge in [-0.1, -0.05) is 63.8 Å². The summed E-state index contributed by atoms with van der Waals surface area (Å²) in [6.07, 6.45) is 9.47. The molecular weight excluding hydrogens is 230 g/mol. The van der Waals surface area contributed by atoms with Gasteiger partial charge in [0, 0.05) is 6.04 Å². The molecule has 1 nitrogen and oxygen atoms in total. The van der Waals surface area contributed by atoms with Gasteiger partial charge in [-0.05, 0) is 42.9 Å². The molecular formula is C18H29N. The number of rotatable bonds is 7. The van der Waals surface area contributed by atoms with Crippen LogP contribution in [0.4, 0.5) is 0 Å². The van der Waals surface area contributed by atoms with E-state index in [1.54, 1.807) is 5.56 Å². The summed E-state index contributed by atoms with van der Waals surface area (Å²) in [5.74, 6) is 0.944. The van der Waals surface area contributed by atoms with Crippen LogP contribution in [-0.2, 0) is 6.42 Å². The Morgan fingerprint density at radius 3 is 2.58 bits per heavy atom. The molecule has 0 amide bonds. The fourth-order valence-electron chi connectivity index (χ4n) is 3.41. The molecule has 1 aromatic carbocycles. The normalized spacial score (nSPS) is 17.8. The van der Waals surface area contributed by atoms with Crippen molar-refractivity contribution in [2.24, 2.45) is 5.92 Å². The Kier molecular flexibility index (Phi) is 5.91. The topological polar surface area (TPSA) is 12.0 Å². The monoisotopic (exact) mass is 259 g/mol. The van der Waals surface area contributed by atoms with Crippen molar-refractivity contribution in [2.75, 3.05) is 6.54 Å². The third-order valence-corrected chi connectivity index (χ3v) is 4.50. The molecule has 2 rings (SSSR count). The van der Waals surface area contributed by atoms with Crippen LogP contribution in [0.2, 0.25) is 0 Å². The van der Waals surface area contributed by atoms with Gasteiger partial charge in [-0.3, -0.25) is 0 Å². The molecule has 1 N–H and O–H groups in total. The second-order valence-corrected chi connectivity index (χ2v) is 5.95. The van der Waals surface area contributed by atoms with E-state index in [9.17, 15) is 0 Å². The minimum atomic E-state index is 0.569. The van der Waals surface area contributed by atoms with Gasteiger partial charge in [0.05, 0.1) is 0 Å². The largest absolute Gasteiger partial charge is 0.310 e. The van der Waals surface area contributed by atoms with Crippen LogP contribution in [0, 0.1) is 5.92 Å². The van der Waals surface area contributed by atoms with Crippen molar-refractivity contribution in [3.63, 3.8) is 0 Å². The summed E-state index contributed by atoms with van der Waals surface area (Å²) >= 11 is 0. The van der Waals surface area contributed by atoms with E-state index in [1.807, 2.05) is 0 Å². The lowest BCUT2D eigenvalue weighted by atomic mass is 9.90. The van der Waals surface area contributed by atoms with E-state index < -0.39 is 0 Å².